The molecule has 1 aromatic heterocycles. The molecule has 7 heteroatoms. The lowest BCUT2D eigenvalue weighted by Crippen LogP contribution is -2.50. The Labute approximate surface area is 169 Å². The van der Waals surface area contributed by atoms with Crippen LogP contribution in [0, 0.1) is 0 Å². The number of amides is 1. The van der Waals surface area contributed by atoms with Crippen LogP contribution in [-0.2, 0) is 12.8 Å². The van der Waals surface area contributed by atoms with Crippen LogP contribution in [0.3, 0.4) is 0 Å². The number of nitrogens with two attached hydrogens (primary N) is 1. The third-order valence-electron chi connectivity index (χ3n) is 5.43. The van der Waals surface area contributed by atoms with Gasteiger partial charge in [-0.2, -0.15) is 0 Å². The highest BCUT2D eigenvalue weighted by Crippen LogP contribution is 2.25. The van der Waals surface area contributed by atoms with E-state index in [2.05, 4.69) is 26.3 Å². The van der Waals surface area contributed by atoms with E-state index >= 15 is 0 Å². The van der Waals surface area contributed by atoms with Crippen LogP contribution in [0.5, 0.6) is 0 Å². The highest BCUT2D eigenvalue weighted by atomic mass is 35.5. The van der Waals surface area contributed by atoms with Gasteiger partial charge in [0, 0.05) is 42.8 Å². The van der Waals surface area contributed by atoms with Crippen molar-refractivity contribution in [2.24, 2.45) is 5.73 Å². The summed E-state index contributed by atoms with van der Waals surface area (Å²) in [6.45, 7) is 3.85. The first-order valence-electron chi connectivity index (χ1n) is 9.56. The van der Waals surface area contributed by atoms with Crippen molar-refractivity contribution in [1.82, 2.24) is 20.2 Å². The summed E-state index contributed by atoms with van der Waals surface area (Å²) in [4.78, 5) is 22.2. The molecule has 146 valence electrons. The SMILES string of the molecule is NC(=O)c1ccc2[nH]cnc2c1CC(Cc1cccc(Cl)c1)N1CCNCC1. The Morgan fingerprint density at radius 2 is 2.04 bits per heavy atom. The second-order valence-electron chi connectivity index (χ2n) is 7.23. The fraction of sp³-hybridized carbons (Fsp3) is 0.333. The van der Waals surface area contributed by atoms with E-state index < -0.39 is 5.91 Å². The second-order valence-corrected chi connectivity index (χ2v) is 7.67. The largest absolute Gasteiger partial charge is 0.366 e. The quantitative estimate of drug-likeness (QED) is 0.596. The van der Waals surface area contributed by atoms with Gasteiger partial charge in [0.05, 0.1) is 17.4 Å². The molecule has 4 N–H and O–H groups in total. The summed E-state index contributed by atoms with van der Waals surface area (Å²) in [5.74, 6) is -0.415. The van der Waals surface area contributed by atoms with E-state index in [4.69, 9.17) is 17.3 Å². The average molecular weight is 398 g/mol. The average Bonchev–Trinajstić information content (AvgIpc) is 3.17. The molecule has 28 heavy (non-hydrogen) atoms. The van der Waals surface area contributed by atoms with Gasteiger partial charge in [-0.05, 0) is 48.2 Å². The summed E-state index contributed by atoms with van der Waals surface area (Å²) < 4.78 is 0. The van der Waals surface area contributed by atoms with Gasteiger partial charge in [-0.25, -0.2) is 4.98 Å². The zero-order valence-electron chi connectivity index (χ0n) is 15.6. The third-order valence-corrected chi connectivity index (χ3v) is 5.67. The van der Waals surface area contributed by atoms with Crippen molar-refractivity contribution in [3.8, 4) is 0 Å². The lowest BCUT2D eigenvalue weighted by molar-refractivity contribution is 0.0998. The number of halogens is 1. The molecule has 3 aromatic rings. The van der Waals surface area contributed by atoms with Gasteiger partial charge in [-0.3, -0.25) is 9.69 Å². The number of H-pyrrole nitrogens is 1. The summed E-state index contributed by atoms with van der Waals surface area (Å²) in [6.07, 6.45) is 3.21. The van der Waals surface area contributed by atoms with E-state index in [0.717, 1.165) is 54.2 Å². The van der Waals surface area contributed by atoms with E-state index in [1.807, 2.05) is 24.3 Å². The number of hydrogen-bond donors (Lipinski definition) is 3. The van der Waals surface area contributed by atoms with Gasteiger partial charge in [0.2, 0.25) is 5.91 Å². The van der Waals surface area contributed by atoms with Gasteiger partial charge in [0.1, 0.15) is 0 Å². The Morgan fingerprint density at radius 3 is 2.79 bits per heavy atom. The molecular formula is C21H24ClN5O. The lowest BCUT2D eigenvalue weighted by atomic mass is 9.93. The minimum atomic E-state index is -0.415. The number of primary amides is 1. The molecule has 1 amide bonds. The van der Waals surface area contributed by atoms with E-state index in [9.17, 15) is 4.79 Å². The molecule has 2 heterocycles. The van der Waals surface area contributed by atoms with E-state index in [1.165, 1.54) is 5.56 Å². The molecule has 0 radical (unpaired) electrons. The number of rotatable bonds is 6. The lowest BCUT2D eigenvalue weighted by Gasteiger charge is -2.35. The first-order chi connectivity index (χ1) is 13.6. The molecule has 0 saturated carbocycles. The summed E-state index contributed by atoms with van der Waals surface area (Å²) in [5, 5.41) is 4.15. The number of aromatic nitrogens is 2. The molecule has 1 fully saturated rings. The van der Waals surface area contributed by atoms with Crippen molar-refractivity contribution >= 4 is 28.5 Å². The zero-order chi connectivity index (χ0) is 19.5. The van der Waals surface area contributed by atoms with E-state index in [0.29, 0.717) is 12.0 Å². The van der Waals surface area contributed by atoms with Gasteiger partial charge in [0.15, 0.2) is 0 Å². The normalized spacial score (nSPS) is 16.3. The number of piperazine rings is 1. The predicted octanol–water partition coefficient (Wildman–Crippen LogP) is 2.37. The first kappa shape index (κ1) is 18.9. The summed E-state index contributed by atoms with van der Waals surface area (Å²) in [7, 11) is 0. The van der Waals surface area contributed by atoms with Gasteiger partial charge in [0.25, 0.3) is 0 Å². The molecule has 1 aliphatic heterocycles. The molecule has 0 bridgehead atoms. The standard InChI is InChI=1S/C21H24ClN5O/c22-15-3-1-2-14(10-15)11-16(27-8-6-24-7-9-27)12-18-17(21(23)28)4-5-19-20(18)26-13-25-19/h1-5,10,13,16,24H,6-9,11-12H2,(H2,23,28)(H,25,26). The maximum Gasteiger partial charge on any atom is 0.249 e. The molecule has 6 nitrogen and oxygen atoms in total. The number of nitrogens with zero attached hydrogens (tertiary/aromatic N) is 2. The number of carbonyl (C=O) groups is 1. The van der Waals surface area contributed by atoms with Crippen LogP contribution in [0.25, 0.3) is 11.0 Å². The fourth-order valence-corrected chi connectivity index (χ4v) is 4.27. The van der Waals surface area contributed by atoms with Crippen molar-refractivity contribution in [3.63, 3.8) is 0 Å². The van der Waals surface area contributed by atoms with Crippen LogP contribution in [0.4, 0.5) is 0 Å². The molecule has 1 saturated heterocycles. The minimum absolute atomic E-state index is 0.223. The van der Waals surface area contributed by atoms with Gasteiger partial charge >= 0.3 is 0 Å². The Kier molecular flexibility index (Phi) is 5.62. The Balaban J connectivity index is 1.71. The van der Waals surface area contributed by atoms with Crippen LogP contribution < -0.4 is 11.1 Å². The third kappa shape index (κ3) is 4.04. The minimum Gasteiger partial charge on any atom is -0.366 e. The van der Waals surface area contributed by atoms with Crippen molar-refractivity contribution in [2.75, 3.05) is 26.2 Å². The molecule has 0 spiro atoms. The second kappa shape index (κ2) is 8.31. The van der Waals surface area contributed by atoms with E-state index in [-0.39, 0.29) is 6.04 Å². The summed E-state index contributed by atoms with van der Waals surface area (Å²) in [5.41, 5.74) is 10.1. The molecule has 1 unspecified atom stereocenters. The smallest absolute Gasteiger partial charge is 0.249 e. The van der Waals surface area contributed by atoms with Crippen LogP contribution in [0.15, 0.2) is 42.7 Å². The van der Waals surface area contributed by atoms with Crippen molar-refractivity contribution in [3.05, 3.63) is 64.4 Å². The zero-order valence-corrected chi connectivity index (χ0v) is 16.4. The molecule has 1 aliphatic rings. The van der Waals surface area contributed by atoms with Gasteiger partial charge < -0.3 is 16.0 Å². The van der Waals surface area contributed by atoms with Crippen LogP contribution in [0.1, 0.15) is 21.5 Å². The summed E-state index contributed by atoms with van der Waals surface area (Å²) in [6, 6.07) is 11.9. The molecule has 1 atom stereocenters. The first-order valence-corrected chi connectivity index (χ1v) is 9.93. The number of nitrogens with one attached hydrogen (secondary N) is 2. The number of imidazole rings is 1. The van der Waals surface area contributed by atoms with Crippen LogP contribution in [-0.4, -0.2) is 53.0 Å². The number of fused-ring (bicyclic) bond motifs is 1. The Bertz CT molecular complexity index is 980. The molecule has 0 aliphatic carbocycles. The topological polar surface area (TPSA) is 87.0 Å². The van der Waals surface area contributed by atoms with E-state index in [1.54, 1.807) is 12.4 Å². The van der Waals surface area contributed by atoms with Crippen molar-refractivity contribution in [2.45, 2.75) is 18.9 Å². The van der Waals surface area contributed by atoms with Crippen LogP contribution in [0.2, 0.25) is 5.02 Å². The van der Waals surface area contributed by atoms with Crippen LogP contribution >= 0.6 is 11.6 Å². The fourth-order valence-electron chi connectivity index (χ4n) is 4.05. The summed E-state index contributed by atoms with van der Waals surface area (Å²) >= 11 is 6.21. The maximum atomic E-state index is 12.1. The molecular weight excluding hydrogens is 374 g/mol. The number of benzene rings is 2. The molecule has 2 aromatic carbocycles. The van der Waals surface area contributed by atoms with Crippen molar-refractivity contribution in [1.29, 1.82) is 0 Å². The number of aromatic amines is 1. The highest BCUT2D eigenvalue weighted by molar-refractivity contribution is 6.30. The maximum absolute atomic E-state index is 12.1. The molecule has 4 rings (SSSR count). The monoisotopic (exact) mass is 397 g/mol. The van der Waals surface area contributed by atoms with Gasteiger partial charge in [-0.15, -0.1) is 0 Å². The predicted molar refractivity (Wildman–Crippen MR) is 112 cm³/mol. The van der Waals surface area contributed by atoms with Crippen molar-refractivity contribution < 1.29 is 4.79 Å². The Hall–Kier alpha value is -2.41. The Morgan fingerprint density at radius 1 is 1.21 bits per heavy atom. The number of carbonyl (C=O) groups excluding carboxylic acids is 1. The van der Waals surface area contributed by atoms with Gasteiger partial charge in [-0.1, -0.05) is 23.7 Å². The number of hydrogen-bond acceptors (Lipinski definition) is 4. The highest BCUT2D eigenvalue weighted by Gasteiger charge is 2.25.